The molecular formula is C10H13N3O2S2. The molecule has 0 spiro atoms. The normalized spacial score (nSPS) is 8.53. The molecule has 0 radical (unpaired) electrons. The summed E-state index contributed by atoms with van der Waals surface area (Å²) in [5, 5.41) is 1.37. The van der Waals surface area contributed by atoms with Crippen LogP contribution in [0.3, 0.4) is 0 Å². The zero-order valence-corrected chi connectivity index (χ0v) is 10.0. The standard InChI is InChI=1S/C5H5NOS.C4H4N2OS.CH4/c1-4-6-2-5(3-7)8-4;5-4-6-1-3(2-7)8-4;/h2-3H,1H3;1-2H,(H2,5,6);1H4. The van der Waals surface area contributed by atoms with Crippen molar-refractivity contribution in [2.75, 3.05) is 5.73 Å². The molecule has 0 aliphatic rings. The van der Waals surface area contributed by atoms with Gasteiger partial charge in [-0.3, -0.25) is 9.59 Å². The summed E-state index contributed by atoms with van der Waals surface area (Å²) in [6.07, 6.45) is 4.57. The van der Waals surface area contributed by atoms with Crippen LogP contribution in [-0.2, 0) is 0 Å². The highest BCUT2D eigenvalue weighted by Crippen LogP contribution is 2.10. The van der Waals surface area contributed by atoms with Crippen molar-refractivity contribution in [1.29, 1.82) is 0 Å². The molecule has 0 aliphatic carbocycles. The van der Waals surface area contributed by atoms with Gasteiger partial charge >= 0.3 is 0 Å². The van der Waals surface area contributed by atoms with Crippen molar-refractivity contribution in [1.82, 2.24) is 9.97 Å². The summed E-state index contributed by atoms with van der Waals surface area (Å²) in [6.45, 7) is 1.87. The van der Waals surface area contributed by atoms with E-state index in [1.165, 1.54) is 28.9 Å². The molecule has 0 aromatic carbocycles. The fraction of sp³-hybridized carbons (Fsp3) is 0.200. The average Bonchev–Trinajstić information content (AvgIpc) is 2.88. The third kappa shape index (κ3) is 5.32. The van der Waals surface area contributed by atoms with E-state index in [4.69, 9.17) is 5.73 Å². The first-order chi connectivity index (χ1) is 7.65. The number of anilines is 1. The quantitative estimate of drug-likeness (QED) is 0.848. The highest BCUT2D eigenvalue weighted by atomic mass is 32.1. The van der Waals surface area contributed by atoms with Crippen LogP contribution in [0.5, 0.6) is 0 Å². The van der Waals surface area contributed by atoms with Crippen LogP contribution in [-0.4, -0.2) is 22.5 Å². The minimum absolute atomic E-state index is 0. The molecule has 92 valence electrons. The van der Waals surface area contributed by atoms with Crippen molar-refractivity contribution >= 4 is 40.4 Å². The second-order valence-electron chi connectivity index (χ2n) is 2.62. The van der Waals surface area contributed by atoms with Crippen LogP contribution in [0.1, 0.15) is 31.8 Å². The summed E-state index contributed by atoms with van der Waals surface area (Å²) in [4.78, 5) is 28.7. The molecule has 0 amide bonds. The van der Waals surface area contributed by atoms with Gasteiger partial charge in [0.2, 0.25) is 0 Å². The fourth-order valence-corrected chi connectivity index (χ4v) is 1.89. The molecule has 2 N–H and O–H groups in total. The number of hydrogen-bond acceptors (Lipinski definition) is 7. The second-order valence-corrected chi connectivity index (χ2v) is 4.98. The van der Waals surface area contributed by atoms with Gasteiger partial charge in [0.05, 0.1) is 21.0 Å². The number of aryl methyl sites for hydroxylation is 1. The van der Waals surface area contributed by atoms with Crippen molar-refractivity contribution in [2.45, 2.75) is 14.4 Å². The summed E-state index contributed by atoms with van der Waals surface area (Å²) in [7, 11) is 0. The molecule has 7 heteroatoms. The Bertz CT molecular complexity index is 435. The maximum Gasteiger partial charge on any atom is 0.180 e. The molecule has 0 fully saturated rings. The first-order valence-corrected chi connectivity index (χ1v) is 5.83. The van der Waals surface area contributed by atoms with Crippen LogP contribution in [0.25, 0.3) is 0 Å². The van der Waals surface area contributed by atoms with Gasteiger partial charge in [-0.2, -0.15) is 0 Å². The Morgan fingerprint density at radius 3 is 1.88 bits per heavy atom. The van der Waals surface area contributed by atoms with Crippen LogP contribution < -0.4 is 5.73 Å². The van der Waals surface area contributed by atoms with E-state index in [2.05, 4.69) is 9.97 Å². The van der Waals surface area contributed by atoms with Gasteiger partial charge in [-0.1, -0.05) is 18.8 Å². The summed E-state index contributed by atoms with van der Waals surface area (Å²) in [6, 6.07) is 0. The van der Waals surface area contributed by atoms with E-state index in [0.29, 0.717) is 14.9 Å². The summed E-state index contributed by atoms with van der Waals surface area (Å²) in [5.41, 5.74) is 5.20. The van der Waals surface area contributed by atoms with Crippen LogP contribution in [0.15, 0.2) is 12.4 Å². The fourth-order valence-electron chi connectivity index (χ4n) is 0.787. The van der Waals surface area contributed by atoms with Crippen molar-refractivity contribution in [3.8, 4) is 0 Å². The highest BCUT2D eigenvalue weighted by molar-refractivity contribution is 7.16. The lowest BCUT2D eigenvalue weighted by Gasteiger charge is -1.70. The van der Waals surface area contributed by atoms with E-state index < -0.39 is 0 Å². The lowest BCUT2D eigenvalue weighted by Crippen LogP contribution is -1.77. The molecule has 2 heterocycles. The Balaban J connectivity index is 0.000000284. The van der Waals surface area contributed by atoms with Gasteiger partial charge in [0.15, 0.2) is 17.7 Å². The van der Waals surface area contributed by atoms with Crippen LogP contribution in [0.4, 0.5) is 5.13 Å². The van der Waals surface area contributed by atoms with E-state index in [0.717, 1.165) is 17.6 Å². The van der Waals surface area contributed by atoms with Crippen molar-refractivity contribution in [3.63, 3.8) is 0 Å². The van der Waals surface area contributed by atoms with Crippen LogP contribution in [0.2, 0.25) is 0 Å². The summed E-state index contributed by atoms with van der Waals surface area (Å²) < 4.78 is 0. The van der Waals surface area contributed by atoms with E-state index in [9.17, 15) is 9.59 Å². The number of aromatic nitrogens is 2. The van der Waals surface area contributed by atoms with Crippen molar-refractivity contribution in [2.24, 2.45) is 0 Å². The summed E-state index contributed by atoms with van der Waals surface area (Å²) >= 11 is 2.59. The predicted octanol–water partition coefficient (Wildman–Crippen LogP) is 2.44. The number of rotatable bonds is 2. The summed E-state index contributed by atoms with van der Waals surface area (Å²) in [5.74, 6) is 0. The molecule has 2 aromatic rings. The van der Waals surface area contributed by atoms with Gasteiger partial charge in [0.1, 0.15) is 0 Å². The third-order valence-electron chi connectivity index (χ3n) is 1.41. The topological polar surface area (TPSA) is 85.9 Å². The minimum Gasteiger partial charge on any atom is -0.375 e. The van der Waals surface area contributed by atoms with Gasteiger partial charge in [0, 0.05) is 6.20 Å². The number of nitrogen functional groups attached to an aromatic ring is 1. The lowest BCUT2D eigenvalue weighted by molar-refractivity contribution is 0.111. The Labute approximate surface area is 107 Å². The maximum absolute atomic E-state index is 9.99. The largest absolute Gasteiger partial charge is 0.375 e. The molecule has 0 bridgehead atoms. The molecule has 0 atom stereocenters. The molecule has 0 unspecified atom stereocenters. The Morgan fingerprint density at radius 2 is 1.65 bits per heavy atom. The van der Waals surface area contributed by atoms with Gasteiger partial charge in [-0.25, -0.2) is 9.97 Å². The van der Waals surface area contributed by atoms with Gasteiger partial charge in [-0.15, -0.1) is 11.3 Å². The van der Waals surface area contributed by atoms with Crippen LogP contribution >= 0.6 is 22.7 Å². The predicted molar refractivity (Wildman–Crippen MR) is 70.9 cm³/mol. The van der Waals surface area contributed by atoms with E-state index in [1.54, 1.807) is 6.20 Å². The molecule has 0 saturated carbocycles. The first kappa shape index (κ1) is 15.4. The first-order valence-electron chi connectivity index (χ1n) is 4.19. The molecule has 2 aromatic heterocycles. The Kier molecular flexibility index (Phi) is 6.92. The average molecular weight is 271 g/mol. The SMILES string of the molecule is C.Cc1ncc(C=O)s1.Nc1ncc(C=O)s1. The Morgan fingerprint density at radius 1 is 1.12 bits per heavy atom. The number of carbonyl (C=O) groups is 2. The molecular weight excluding hydrogens is 258 g/mol. The second kappa shape index (κ2) is 7.64. The number of nitrogens with zero attached hydrogens (tertiary/aromatic N) is 2. The van der Waals surface area contributed by atoms with Crippen LogP contribution in [0, 0.1) is 6.92 Å². The van der Waals surface area contributed by atoms with E-state index >= 15 is 0 Å². The van der Waals surface area contributed by atoms with Gasteiger partial charge in [0.25, 0.3) is 0 Å². The zero-order valence-electron chi connectivity index (χ0n) is 8.41. The molecule has 0 aliphatic heterocycles. The van der Waals surface area contributed by atoms with Crippen molar-refractivity contribution < 1.29 is 9.59 Å². The monoisotopic (exact) mass is 271 g/mol. The molecule has 5 nitrogen and oxygen atoms in total. The maximum atomic E-state index is 9.99. The van der Waals surface area contributed by atoms with Crippen molar-refractivity contribution in [3.05, 3.63) is 27.2 Å². The lowest BCUT2D eigenvalue weighted by atomic mass is 10.6. The number of hydrogen-bond donors (Lipinski definition) is 1. The molecule has 17 heavy (non-hydrogen) atoms. The minimum atomic E-state index is 0. The molecule has 2 rings (SSSR count). The Hall–Kier alpha value is -1.60. The number of nitrogens with two attached hydrogens (primary N) is 1. The molecule has 0 saturated heterocycles. The third-order valence-corrected chi connectivity index (χ3v) is 3.00. The van der Waals surface area contributed by atoms with Gasteiger partial charge in [-0.05, 0) is 6.92 Å². The number of aldehydes is 2. The smallest absolute Gasteiger partial charge is 0.180 e. The van der Waals surface area contributed by atoms with E-state index in [-0.39, 0.29) is 7.43 Å². The zero-order chi connectivity index (χ0) is 12.0. The van der Waals surface area contributed by atoms with Gasteiger partial charge < -0.3 is 5.73 Å². The number of thiazole rings is 2. The number of carbonyl (C=O) groups excluding carboxylic acids is 2. The highest BCUT2D eigenvalue weighted by Gasteiger charge is 1.92. The van der Waals surface area contributed by atoms with E-state index in [1.807, 2.05) is 6.92 Å².